The number of aromatic amines is 1. The van der Waals surface area contributed by atoms with Crippen LogP contribution in [0.1, 0.15) is 17.0 Å². The highest BCUT2D eigenvalue weighted by molar-refractivity contribution is 5.09. The highest BCUT2D eigenvalue weighted by atomic mass is 16.3. The fraction of sp³-hybridized carbons (Fsp3) is 0.273. The van der Waals surface area contributed by atoms with Gasteiger partial charge in [-0.05, 0) is 12.5 Å². The average molecular weight is 219 g/mol. The first-order valence-electron chi connectivity index (χ1n) is 5.03. The van der Waals surface area contributed by atoms with Gasteiger partial charge in [-0.3, -0.25) is 4.79 Å². The Kier molecular flexibility index (Phi) is 3.16. The van der Waals surface area contributed by atoms with Crippen LogP contribution in [0.4, 0.5) is 0 Å². The van der Waals surface area contributed by atoms with Crippen LogP contribution in [0.2, 0.25) is 0 Å². The maximum Gasteiger partial charge on any atom is 0.247 e. The second-order valence-corrected chi connectivity index (χ2v) is 3.52. The Bertz CT molecular complexity index is 495. The number of aryl methyl sites for hydroxylation is 1. The largest absolute Gasteiger partial charge is 0.448 e. The molecule has 16 heavy (non-hydrogen) atoms. The molecule has 0 saturated heterocycles. The van der Waals surface area contributed by atoms with Gasteiger partial charge in [-0.1, -0.05) is 6.07 Å². The van der Waals surface area contributed by atoms with Crippen molar-refractivity contribution in [3.05, 3.63) is 52.1 Å². The van der Waals surface area contributed by atoms with Gasteiger partial charge in [0.2, 0.25) is 5.56 Å². The molecule has 0 amide bonds. The van der Waals surface area contributed by atoms with E-state index in [1.54, 1.807) is 12.3 Å². The monoisotopic (exact) mass is 219 g/mol. The Morgan fingerprint density at radius 1 is 1.44 bits per heavy atom. The van der Waals surface area contributed by atoms with E-state index < -0.39 is 0 Å². The van der Waals surface area contributed by atoms with Crippen molar-refractivity contribution in [2.24, 2.45) is 0 Å². The maximum absolute atomic E-state index is 10.8. The molecule has 0 saturated carbocycles. The van der Waals surface area contributed by atoms with Crippen molar-refractivity contribution in [2.45, 2.75) is 20.0 Å². The summed E-state index contributed by atoms with van der Waals surface area (Å²) in [5.41, 5.74) is 1.85. The number of nitrogens with zero attached hydrogens (tertiary/aromatic N) is 1. The van der Waals surface area contributed by atoms with Crippen LogP contribution in [0.15, 0.2) is 33.9 Å². The summed E-state index contributed by atoms with van der Waals surface area (Å²) < 4.78 is 5.08. The van der Waals surface area contributed by atoms with Crippen molar-refractivity contribution in [1.82, 2.24) is 15.3 Å². The molecule has 84 valence electrons. The molecule has 2 heterocycles. The van der Waals surface area contributed by atoms with Crippen LogP contribution >= 0.6 is 0 Å². The summed E-state index contributed by atoms with van der Waals surface area (Å²) in [6.45, 7) is 3.22. The lowest BCUT2D eigenvalue weighted by Crippen LogP contribution is -2.15. The minimum Gasteiger partial charge on any atom is -0.448 e. The molecule has 0 fully saturated rings. The molecular formula is C11H13N3O2. The maximum atomic E-state index is 10.8. The van der Waals surface area contributed by atoms with Gasteiger partial charge >= 0.3 is 0 Å². The number of hydrogen-bond acceptors (Lipinski definition) is 4. The molecule has 0 atom stereocenters. The van der Waals surface area contributed by atoms with Gasteiger partial charge in [0.25, 0.3) is 0 Å². The summed E-state index contributed by atoms with van der Waals surface area (Å²) >= 11 is 0. The van der Waals surface area contributed by atoms with Crippen LogP contribution in [-0.2, 0) is 13.1 Å². The molecule has 2 N–H and O–H groups in total. The van der Waals surface area contributed by atoms with E-state index in [2.05, 4.69) is 15.3 Å². The second kappa shape index (κ2) is 4.76. The van der Waals surface area contributed by atoms with Crippen LogP contribution in [0.3, 0.4) is 0 Å². The predicted octanol–water partition coefficient (Wildman–Crippen LogP) is 0.961. The van der Waals surface area contributed by atoms with Crippen molar-refractivity contribution in [1.29, 1.82) is 0 Å². The van der Waals surface area contributed by atoms with Gasteiger partial charge in [0.1, 0.15) is 5.76 Å². The number of H-pyrrole nitrogens is 1. The number of rotatable bonds is 4. The summed E-state index contributed by atoms with van der Waals surface area (Å²) in [4.78, 5) is 17.5. The van der Waals surface area contributed by atoms with Crippen LogP contribution < -0.4 is 10.9 Å². The van der Waals surface area contributed by atoms with E-state index in [1.807, 2.05) is 6.92 Å². The molecule has 0 bridgehead atoms. The molecule has 5 heteroatoms. The van der Waals surface area contributed by atoms with Crippen molar-refractivity contribution in [2.75, 3.05) is 0 Å². The minimum atomic E-state index is -0.0869. The summed E-state index contributed by atoms with van der Waals surface area (Å²) in [6.07, 6.45) is 3.14. The lowest BCUT2D eigenvalue weighted by molar-refractivity contribution is 0.522. The molecule has 2 rings (SSSR count). The van der Waals surface area contributed by atoms with E-state index in [-0.39, 0.29) is 5.56 Å². The average Bonchev–Trinajstić information content (AvgIpc) is 2.68. The molecule has 2 aromatic rings. The van der Waals surface area contributed by atoms with Crippen molar-refractivity contribution in [3.63, 3.8) is 0 Å². The van der Waals surface area contributed by atoms with E-state index >= 15 is 0 Å². The van der Waals surface area contributed by atoms with Crippen LogP contribution in [-0.4, -0.2) is 9.97 Å². The van der Waals surface area contributed by atoms with Gasteiger partial charge in [0.05, 0.1) is 5.69 Å². The van der Waals surface area contributed by atoms with Crippen molar-refractivity contribution < 1.29 is 4.42 Å². The molecule has 0 aromatic carbocycles. The molecule has 0 aliphatic rings. The van der Waals surface area contributed by atoms with E-state index in [1.165, 1.54) is 12.5 Å². The standard InChI is InChI=1S/C11H13N3O2/c1-8-10(14-7-16-8)6-12-4-9-2-3-11(15)13-5-9/h2-3,5,7,12H,4,6H2,1H3,(H,13,15). The number of aromatic nitrogens is 2. The van der Waals surface area contributed by atoms with Gasteiger partial charge in [-0.15, -0.1) is 0 Å². The van der Waals surface area contributed by atoms with Gasteiger partial charge in [0.15, 0.2) is 6.39 Å². The highest BCUT2D eigenvalue weighted by Crippen LogP contribution is 2.03. The van der Waals surface area contributed by atoms with Crippen molar-refractivity contribution >= 4 is 0 Å². The summed E-state index contributed by atoms with van der Waals surface area (Å²) in [5, 5.41) is 3.22. The Morgan fingerprint density at radius 2 is 2.31 bits per heavy atom. The SMILES string of the molecule is Cc1ocnc1CNCc1ccc(=O)[nH]c1. The predicted molar refractivity (Wildman–Crippen MR) is 58.8 cm³/mol. The van der Waals surface area contributed by atoms with Gasteiger partial charge in [-0.2, -0.15) is 0 Å². The first-order chi connectivity index (χ1) is 7.75. The second-order valence-electron chi connectivity index (χ2n) is 3.52. The van der Waals surface area contributed by atoms with E-state index in [0.29, 0.717) is 13.1 Å². The van der Waals surface area contributed by atoms with Gasteiger partial charge in [-0.25, -0.2) is 4.98 Å². The third-order valence-corrected chi connectivity index (χ3v) is 2.31. The lowest BCUT2D eigenvalue weighted by Gasteiger charge is -2.02. The molecule has 0 aliphatic heterocycles. The van der Waals surface area contributed by atoms with Gasteiger partial charge < -0.3 is 14.7 Å². The number of pyridine rings is 1. The molecule has 0 unspecified atom stereocenters. The smallest absolute Gasteiger partial charge is 0.247 e. The Morgan fingerprint density at radius 3 is 2.94 bits per heavy atom. The fourth-order valence-electron chi connectivity index (χ4n) is 1.38. The Hall–Kier alpha value is -1.88. The first-order valence-corrected chi connectivity index (χ1v) is 5.03. The zero-order valence-electron chi connectivity index (χ0n) is 8.99. The topological polar surface area (TPSA) is 70.9 Å². The van der Waals surface area contributed by atoms with Crippen LogP contribution in [0, 0.1) is 6.92 Å². The summed E-state index contributed by atoms with van der Waals surface area (Å²) in [6, 6.07) is 3.31. The van der Waals surface area contributed by atoms with Crippen LogP contribution in [0.5, 0.6) is 0 Å². The zero-order chi connectivity index (χ0) is 11.4. The highest BCUT2D eigenvalue weighted by Gasteiger charge is 2.01. The van der Waals surface area contributed by atoms with E-state index in [4.69, 9.17) is 4.42 Å². The lowest BCUT2D eigenvalue weighted by atomic mass is 10.3. The number of oxazole rings is 1. The third kappa shape index (κ3) is 2.58. The normalized spacial score (nSPS) is 10.6. The van der Waals surface area contributed by atoms with Gasteiger partial charge in [0, 0.05) is 25.4 Å². The first kappa shape index (κ1) is 10.6. The van der Waals surface area contributed by atoms with E-state index in [9.17, 15) is 4.79 Å². The Balaban J connectivity index is 1.87. The minimum absolute atomic E-state index is 0.0869. The quantitative estimate of drug-likeness (QED) is 0.803. The molecular weight excluding hydrogens is 206 g/mol. The fourth-order valence-corrected chi connectivity index (χ4v) is 1.38. The summed E-state index contributed by atoms with van der Waals surface area (Å²) in [7, 11) is 0. The number of nitrogens with one attached hydrogen (secondary N) is 2. The van der Waals surface area contributed by atoms with Crippen molar-refractivity contribution in [3.8, 4) is 0 Å². The van der Waals surface area contributed by atoms with Crippen LogP contribution in [0.25, 0.3) is 0 Å². The zero-order valence-corrected chi connectivity index (χ0v) is 8.99. The molecule has 0 spiro atoms. The van der Waals surface area contributed by atoms with E-state index in [0.717, 1.165) is 17.0 Å². The third-order valence-electron chi connectivity index (χ3n) is 2.31. The molecule has 5 nitrogen and oxygen atoms in total. The summed E-state index contributed by atoms with van der Waals surface area (Å²) in [5.74, 6) is 0.828. The molecule has 0 aliphatic carbocycles. The number of hydrogen-bond donors (Lipinski definition) is 2. The molecule has 0 radical (unpaired) electrons. The molecule has 2 aromatic heterocycles. The Labute approximate surface area is 92.5 Å².